The van der Waals surface area contributed by atoms with Crippen molar-refractivity contribution in [3.05, 3.63) is 71.3 Å². The van der Waals surface area contributed by atoms with Crippen LogP contribution in [0, 0.1) is 0 Å². The SMILES string of the molecule is O=C(CCN1C(=O)c2ccccc2C1=O)N1CC[C@@H](c2ccccc2)C1. The Balaban J connectivity index is 1.35. The van der Waals surface area contributed by atoms with E-state index in [1.165, 1.54) is 10.5 Å². The number of hydrogen-bond donors (Lipinski definition) is 0. The summed E-state index contributed by atoms with van der Waals surface area (Å²) in [6.45, 7) is 1.56. The number of benzene rings is 2. The van der Waals surface area contributed by atoms with Crippen LogP contribution in [0.15, 0.2) is 54.6 Å². The molecule has 0 radical (unpaired) electrons. The Bertz CT molecular complexity index is 828. The Labute approximate surface area is 152 Å². The molecule has 2 aliphatic rings. The summed E-state index contributed by atoms with van der Waals surface area (Å²) in [5.41, 5.74) is 2.11. The van der Waals surface area contributed by atoms with E-state index in [0.717, 1.165) is 13.0 Å². The molecule has 5 nitrogen and oxygen atoms in total. The van der Waals surface area contributed by atoms with Crippen molar-refractivity contribution in [3.63, 3.8) is 0 Å². The third-order valence-electron chi connectivity index (χ3n) is 5.24. The van der Waals surface area contributed by atoms with Gasteiger partial charge < -0.3 is 4.90 Å². The maximum absolute atomic E-state index is 12.5. The van der Waals surface area contributed by atoms with Crippen LogP contribution in [0.25, 0.3) is 0 Å². The number of hydrogen-bond acceptors (Lipinski definition) is 3. The van der Waals surface area contributed by atoms with E-state index in [4.69, 9.17) is 0 Å². The monoisotopic (exact) mass is 348 g/mol. The molecule has 2 aromatic rings. The summed E-state index contributed by atoms with van der Waals surface area (Å²) >= 11 is 0. The van der Waals surface area contributed by atoms with Gasteiger partial charge in [0.2, 0.25) is 5.91 Å². The Hall–Kier alpha value is -2.95. The molecule has 2 aliphatic heterocycles. The number of nitrogens with zero attached hydrogens (tertiary/aromatic N) is 2. The van der Waals surface area contributed by atoms with Gasteiger partial charge in [-0.2, -0.15) is 0 Å². The van der Waals surface area contributed by atoms with E-state index < -0.39 is 0 Å². The van der Waals surface area contributed by atoms with Crippen LogP contribution in [0.3, 0.4) is 0 Å². The molecule has 0 N–H and O–H groups in total. The summed E-state index contributed by atoms with van der Waals surface area (Å²) < 4.78 is 0. The van der Waals surface area contributed by atoms with Gasteiger partial charge in [0.25, 0.3) is 11.8 Å². The van der Waals surface area contributed by atoms with Crippen LogP contribution in [0.4, 0.5) is 0 Å². The first-order valence-corrected chi connectivity index (χ1v) is 8.93. The van der Waals surface area contributed by atoms with Gasteiger partial charge in [-0.15, -0.1) is 0 Å². The maximum Gasteiger partial charge on any atom is 0.261 e. The van der Waals surface area contributed by atoms with Crippen molar-refractivity contribution in [2.24, 2.45) is 0 Å². The average molecular weight is 348 g/mol. The first-order valence-electron chi connectivity index (χ1n) is 8.93. The lowest BCUT2D eigenvalue weighted by Gasteiger charge is -2.19. The highest BCUT2D eigenvalue weighted by molar-refractivity contribution is 6.21. The molecule has 4 rings (SSSR count). The van der Waals surface area contributed by atoms with Gasteiger partial charge in [0.15, 0.2) is 0 Å². The second kappa shape index (κ2) is 6.75. The molecule has 0 unspecified atom stereocenters. The number of carbonyl (C=O) groups is 3. The fraction of sp³-hybridized carbons (Fsp3) is 0.286. The van der Waals surface area contributed by atoms with Crippen molar-refractivity contribution in [2.45, 2.75) is 18.8 Å². The first-order chi connectivity index (χ1) is 12.6. The molecule has 132 valence electrons. The van der Waals surface area contributed by atoms with Gasteiger partial charge in [0, 0.05) is 32.0 Å². The summed E-state index contributed by atoms with van der Waals surface area (Å²) in [7, 11) is 0. The topological polar surface area (TPSA) is 57.7 Å². The highest BCUT2D eigenvalue weighted by Gasteiger charge is 2.35. The Morgan fingerprint density at radius 2 is 1.54 bits per heavy atom. The van der Waals surface area contributed by atoms with Gasteiger partial charge in [-0.25, -0.2) is 0 Å². The van der Waals surface area contributed by atoms with E-state index in [2.05, 4.69) is 12.1 Å². The molecule has 0 spiro atoms. The molecule has 0 saturated carbocycles. The number of imide groups is 1. The minimum Gasteiger partial charge on any atom is -0.342 e. The molecule has 26 heavy (non-hydrogen) atoms. The molecule has 3 amide bonds. The van der Waals surface area contributed by atoms with Gasteiger partial charge in [-0.3, -0.25) is 19.3 Å². The zero-order valence-electron chi connectivity index (χ0n) is 14.4. The van der Waals surface area contributed by atoms with Gasteiger partial charge in [-0.05, 0) is 24.1 Å². The van der Waals surface area contributed by atoms with Gasteiger partial charge in [0.05, 0.1) is 11.1 Å². The highest BCUT2D eigenvalue weighted by Crippen LogP contribution is 2.28. The standard InChI is InChI=1S/C21H20N2O3/c24-19(22-12-10-16(14-22)15-6-2-1-3-7-15)11-13-23-20(25)17-8-4-5-9-18(17)21(23)26/h1-9,16H,10-14H2/t16-/m1/s1. The third kappa shape index (κ3) is 2.90. The maximum atomic E-state index is 12.5. The fourth-order valence-electron chi connectivity index (χ4n) is 3.79. The first kappa shape index (κ1) is 16.5. The van der Waals surface area contributed by atoms with E-state index >= 15 is 0 Å². The molecule has 1 atom stereocenters. The van der Waals surface area contributed by atoms with Crippen molar-refractivity contribution in [3.8, 4) is 0 Å². The van der Waals surface area contributed by atoms with E-state index in [1.54, 1.807) is 24.3 Å². The van der Waals surface area contributed by atoms with Crippen LogP contribution in [0.5, 0.6) is 0 Å². The zero-order valence-corrected chi connectivity index (χ0v) is 14.4. The number of likely N-dealkylation sites (tertiary alicyclic amines) is 1. The van der Waals surface area contributed by atoms with Crippen LogP contribution in [-0.4, -0.2) is 47.2 Å². The molecular weight excluding hydrogens is 328 g/mol. The second-order valence-electron chi connectivity index (χ2n) is 6.79. The Morgan fingerprint density at radius 1 is 0.923 bits per heavy atom. The lowest BCUT2D eigenvalue weighted by molar-refractivity contribution is -0.130. The lowest BCUT2D eigenvalue weighted by Crippen LogP contribution is -2.36. The normalized spacial score (nSPS) is 19.2. The molecular formula is C21H20N2O3. The zero-order chi connectivity index (χ0) is 18.1. The minimum atomic E-state index is -0.304. The van der Waals surface area contributed by atoms with Crippen molar-refractivity contribution in [2.75, 3.05) is 19.6 Å². The number of amides is 3. The predicted molar refractivity (Wildman–Crippen MR) is 96.8 cm³/mol. The van der Waals surface area contributed by atoms with E-state index in [9.17, 15) is 14.4 Å². The van der Waals surface area contributed by atoms with Gasteiger partial charge in [-0.1, -0.05) is 42.5 Å². The van der Waals surface area contributed by atoms with Crippen LogP contribution in [-0.2, 0) is 4.79 Å². The number of rotatable bonds is 4. The molecule has 0 bridgehead atoms. The summed E-state index contributed by atoms with van der Waals surface area (Å²) in [5, 5.41) is 0. The Kier molecular flexibility index (Phi) is 4.29. The van der Waals surface area contributed by atoms with Crippen molar-refractivity contribution in [1.82, 2.24) is 9.80 Å². The van der Waals surface area contributed by atoms with Crippen LogP contribution >= 0.6 is 0 Å². The van der Waals surface area contributed by atoms with E-state index in [1.807, 2.05) is 23.1 Å². The number of carbonyl (C=O) groups excluding carboxylic acids is 3. The molecule has 0 aliphatic carbocycles. The molecule has 1 fully saturated rings. The summed E-state index contributed by atoms with van der Waals surface area (Å²) in [6, 6.07) is 17.0. The summed E-state index contributed by atoms with van der Waals surface area (Å²) in [6.07, 6.45) is 1.12. The van der Waals surface area contributed by atoms with Crippen LogP contribution in [0.2, 0.25) is 0 Å². The van der Waals surface area contributed by atoms with Gasteiger partial charge in [0.1, 0.15) is 0 Å². The third-order valence-corrected chi connectivity index (χ3v) is 5.24. The summed E-state index contributed by atoms with van der Waals surface area (Å²) in [5.74, 6) is -0.247. The number of fused-ring (bicyclic) bond motifs is 1. The predicted octanol–water partition coefficient (Wildman–Crippen LogP) is 2.69. The largest absolute Gasteiger partial charge is 0.342 e. The van der Waals surface area contributed by atoms with Crippen molar-refractivity contribution >= 4 is 17.7 Å². The summed E-state index contributed by atoms with van der Waals surface area (Å²) in [4.78, 5) is 40.3. The smallest absolute Gasteiger partial charge is 0.261 e. The van der Waals surface area contributed by atoms with Gasteiger partial charge >= 0.3 is 0 Å². The van der Waals surface area contributed by atoms with Crippen LogP contribution in [0.1, 0.15) is 45.0 Å². The highest BCUT2D eigenvalue weighted by atomic mass is 16.2. The van der Waals surface area contributed by atoms with E-state index in [0.29, 0.717) is 23.6 Å². The molecule has 1 saturated heterocycles. The van der Waals surface area contributed by atoms with Crippen molar-refractivity contribution in [1.29, 1.82) is 0 Å². The lowest BCUT2D eigenvalue weighted by atomic mass is 9.99. The molecule has 0 aromatic heterocycles. The minimum absolute atomic E-state index is 0.0000118. The molecule has 2 heterocycles. The average Bonchev–Trinajstić information content (AvgIpc) is 3.26. The van der Waals surface area contributed by atoms with Crippen LogP contribution < -0.4 is 0 Å². The van der Waals surface area contributed by atoms with E-state index in [-0.39, 0.29) is 30.7 Å². The fourth-order valence-corrected chi connectivity index (χ4v) is 3.79. The molecule has 5 heteroatoms. The van der Waals surface area contributed by atoms with Crippen molar-refractivity contribution < 1.29 is 14.4 Å². The second-order valence-corrected chi connectivity index (χ2v) is 6.79. The Morgan fingerprint density at radius 3 is 2.19 bits per heavy atom. The quantitative estimate of drug-likeness (QED) is 0.798. The molecule has 2 aromatic carbocycles.